The molecule has 0 aliphatic rings. The van der Waals surface area contributed by atoms with E-state index in [9.17, 15) is 13.6 Å². The predicted molar refractivity (Wildman–Crippen MR) is 60.9 cm³/mol. The molecule has 3 nitrogen and oxygen atoms in total. The maximum Gasteiger partial charge on any atom is 0.223 e. The van der Waals surface area contributed by atoms with Crippen LogP contribution in [0.25, 0.3) is 0 Å². The van der Waals surface area contributed by atoms with Crippen molar-refractivity contribution in [2.75, 3.05) is 0 Å². The van der Waals surface area contributed by atoms with Crippen LogP contribution in [0.2, 0.25) is 0 Å². The molecule has 1 atom stereocenters. The Bertz CT molecular complexity index is 433. The van der Waals surface area contributed by atoms with Gasteiger partial charge in [-0.1, -0.05) is 19.9 Å². The molecule has 0 saturated carbocycles. The topological polar surface area (TPSA) is 69.1 Å². The molecule has 0 aliphatic carbocycles. The lowest BCUT2D eigenvalue weighted by atomic mass is 9.83. The second kappa shape index (κ2) is 4.79. The Labute approximate surface area is 98.8 Å². The van der Waals surface area contributed by atoms with Gasteiger partial charge in [-0.15, -0.1) is 0 Å². The van der Waals surface area contributed by atoms with Gasteiger partial charge in [0, 0.05) is 23.1 Å². The standard InChI is InChI=1S/C12H16F2N2O/c1-12(2,11(16)17)6-10(15)8-4-3-7(13)5-9(8)14/h3-5,10H,6,15H2,1-2H3,(H2,16,17). The number of primary amides is 1. The summed E-state index contributed by atoms with van der Waals surface area (Å²) < 4.78 is 26.2. The first-order valence-electron chi connectivity index (χ1n) is 5.24. The van der Waals surface area contributed by atoms with Crippen LogP contribution in [0.5, 0.6) is 0 Å². The van der Waals surface area contributed by atoms with Crippen LogP contribution >= 0.6 is 0 Å². The molecule has 0 heterocycles. The van der Waals surface area contributed by atoms with Crippen molar-refractivity contribution in [2.45, 2.75) is 26.3 Å². The Morgan fingerprint density at radius 1 is 1.41 bits per heavy atom. The summed E-state index contributed by atoms with van der Waals surface area (Å²) in [4.78, 5) is 11.1. The number of nitrogens with two attached hydrogens (primary N) is 2. The van der Waals surface area contributed by atoms with Crippen molar-refractivity contribution in [1.82, 2.24) is 0 Å². The van der Waals surface area contributed by atoms with Crippen molar-refractivity contribution < 1.29 is 13.6 Å². The second-order valence-corrected chi connectivity index (χ2v) is 4.72. The minimum absolute atomic E-state index is 0.181. The molecule has 0 aliphatic heterocycles. The first-order valence-corrected chi connectivity index (χ1v) is 5.24. The number of hydrogen-bond acceptors (Lipinski definition) is 2. The van der Waals surface area contributed by atoms with Crippen LogP contribution < -0.4 is 11.5 Å². The van der Waals surface area contributed by atoms with Gasteiger partial charge >= 0.3 is 0 Å². The smallest absolute Gasteiger partial charge is 0.223 e. The second-order valence-electron chi connectivity index (χ2n) is 4.72. The number of rotatable bonds is 4. The lowest BCUT2D eigenvalue weighted by Crippen LogP contribution is -2.34. The highest BCUT2D eigenvalue weighted by Crippen LogP contribution is 2.29. The lowest BCUT2D eigenvalue weighted by Gasteiger charge is -2.24. The van der Waals surface area contributed by atoms with Crippen molar-refractivity contribution in [3.05, 3.63) is 35.4 Å². The normalized spacial score (nSPS) is 13.5. The van der Waals surface area contributed by atoms with E-state index in [1.165, 1.54) is 6.07 Å². The maximum absolute atomic E-state index is 13.4. The number of halogens is 2. The van der Waals surface area contributed by atoms with E-state index in [2.05, 4.69) is 0 Å². The van der Waals surface area contributed by atoms with Gasteiger partial charge in [-0.25, -0.2) is 8.78 Å². The maximum atomic E-state index is 13.4. The van der Waals surface area contributed by atoms with Gasteiger partial charge in [0.1, 0.15) is 11.6 Å². The molecule has 1 aromatic carbocycles. The van der Waals surface area contributed by atoms with Crippen LogP contribution in [0.3, 0.4) is 0 Å². The van der Waals surface area contributed by atoms with Crippen molar-refractivity contribution in [3.8, 4) is 0 Å². The summed E-state index contributed by atoms with van der Waals surface area (Å²) in [5.41, 5.74) is 10.4. The minimum atomic E-state index is -0.833. The molecule has 94 valence electrons. The first kappa shape index (κ1) is 13.6. The summed E-state index contributed by atoms with van der Waals surface area (Å²) in [5.74, 6) is -1.87. The van der Waals surface area contributed by atoms with E-state index in [0.29, 0.717) is 0 Å². The van der Waals surface area contributed by atoms with Gasteiger partial charge in [-0.05, 0) is 12.5 Å². The molecule has 0 fully saturated rings. The molecule has 1 unspecified atom stereocenters. The van der Waals surface area contributed by atoms with E-state index in [4.69, 9.17) is 11.5 Å². The summed E-state index contributed by atoms with van der Waals surface area (Å²) in [6.45, 7) is 3.27. The SMILES string of the molecule is CC(C)(CC(N)c1ccc(F)cc1F)C(N)=O. The molecule has 1 rings (SSSR count). The van der Waals surface area contributed by atoms with Gasteiger partial charge in [0.25, 0.3) is 0 Å². The molecule has 0 radical (unpaired) electrons. The van der Waals surface area contributed by atoms with E-state index >= 15 is 0 Å². The minimum Gasteiger partial charge on any atom is -0.369 e. The van der Waals surface area contributed by atoms with Crippen LogP contribution in [0, 0.1) is 17.0 Å². The molecule has 0 saturated heterocycles. The summed E-state index contributed by atoms with van der Waals surface area (Å²) in [6, 6.07) is 2.49. The van der Waals surface area contributed by atoms with Gasteiger partial charge < -0.3 is 11.5 Å². The zero-order chi connectivity index (χ0) is 13.2. The highest BCUT2D eigenvalue weighted by atomic mass is 19.1. The van der Waals surface area contributed by atoms with Crippen molar-refractivity contribution in [3.63, 3.8) is 0 Å². The van der Waals surface area contributed by atoms with Gasteiger partial charge in [0.2, 0.25) is 5.91 Å². The number of benzene rings is 1. The third-order valence-electron chi connectivity index (χ3n) is 2.76. The number of carbonyl (C=O) groups excluding carboxylic acids is 1. The molecule has 1 aromatic rings. The molecule has 0 spiro atoms. The number of carbonyl (C=O) groups is 1. The Morgan fingerprint density at radius 3 is 2.47 bits per heavy atom. The van der Waals surface area contributed by atoms with Crippen LogP contribution in [0.4, 0.5) is 8.78 Å². The van der Waals surface area contributed by atoms with Crippen LogP contribution in [-0.4, -0.2) is 5.91 Å². The van der Waals surface area contributed by atoms with E-state index in [-0.39, 0.29) is 12.0 Å². The Hall–Kier alpha value is -1.49. The molecule has 0 bridgehead atoms. The van der Waals surface area contributed by atoms with Crippen LogP contribution in [-0.2, 0) is 4.79 Å². The van der Waals surface area contributed by atoms with E-state index < -0.39 is 29.0 Å². The largest absolute Gasteiger partial charge is 0.369 e. The summed E-state index contributed by atoms with van der Waals surface area (Å²) in [6.07, 6.45) is 0.199. The van der Waals surface area contributed by atoms with Gasteiger partial charge in [0.05, 0.1) is 0 Å². The molecular weight excluding hydrogens is 226 g/mol. The monoisotopic (exact) mass is 242 g/mol. The average molecular weight is 242 g/mol. The zero-order valence-electron chi connectivity index (χ0n) is 9.84. The number of amides is 1. The highest BCUT2D eigenvalue weighted by molar-refractivity contribution is 5.79. The average Bonchev–Trinajstić information content (AvgIpc) is 2.15. The molecule has 5 heteroatoms. The van der Waals surface area contributed by atoms with E-state index in [0.717, 1.165) is 12.1 Å². The van der Waals surface area contributed by atoms with Crippen LogP contribution in [0.1, 0.15) is 31.9 Å². The first-order chi connectivity index (χ1) is 7.74. The summed E-state index contributed by atoms with van der Waals surface area (Å²) in [5, 5.41) is 0. The third kappa shape index (κ3) is 3.23. The summed E-state index contributed by atoms with van der Waals surface area (Å²) in [7, 11) is 0. The quantitative estimate of drug-likeness (QED) is 0.846. The van der Waals surface area contributed by atoms with Gasteiger partial charge in [0.15, 0.2) is 0 Å². The van der Waals surface area contributed by atoms with Crippen molar-refractivity contribution >= 4 is 5.91 Å². The fourth-order valence-electron chi connectivity index (χ4n) is 1.56. The molecule has 4 N–H and O–H groups in total. The van der Waals surface area contributed by atoms with Crippen molar-refractivity contribution in [2.24, 2.45) is 16.9 Å². The lowest BCUT2D eigenvalue weighted by molar-refractivity contribution is -0.126. The molecular formula is C12H16F2N2O. The fourth-order valence-corrected chi connectivity index (χ4v) is 1.56. The van der Waals surface area contributed by atoms with Gasteiger partial charge in [-0.3, -0.25) is 4.79 Å². The Balaban J connectivity index is 2.90. The fraction of sp³-hybridized carbons (Fsp3) is 0.417. The zero-order valence-corrected chi connectivity index (χ0v) is 9.84. The van der Waals surface area contributed by atoms with Gasteiger partial charge in [-0.2, -0.15) is 0 Å². The Morgan fingerprint density at radius 2 is 2.00 bits per heavy atom. The highest BCUT2D eigenvalue weighted by Gasteiger charge is 2.29. The molecule has 1 amide bonds. The van der Waals surface area contributed by atoms with E-state index in [1.54, 1.807) is 13.8 Å². The summed E-state index contributed by atoms with van der Waals surface area (Å²) >= 11 is 0. The third-order valence-corrected chi connectivity index (χ3v) is 2.76. The number of hydrogen-bond donors (Lipinski definition) is 2. The van der Waals surface area contributed by atoms with E-state index in [1.807, 2.05) is 0 Å². The van der Waals surface area contributed by atoms with Crippen LogP contribution in [0.15, 0.2) is 18.2 Å². The predicted octanol–water partition coefficient (Wildman–Crippen LogP) is 1.87. The molecule has 17 heavy (non-hydrogen) atoms. The molecule has 0 aromatic heterocycles. The van der Waals surface area contributed by atoms with Crippen molar-refractivity contribution in [1.29, 1.82) is 0 Å². The Kier molecular flexibility index (Phi) is 3.83.